The summed E-state index contributed by atoms with van der Waals surface area (Å²) in [4.78, 5) is 8.86. The predicted octanol–water partition coefficient (Wildman–Crippen LogP) is 2.62. The molecule has 0 amide bonds. The largest absolute Gasteiger partial charge is 0.238 e. The zero-order valence-electron chi connectivity index (χ0n) is 9.25. The molecule has 1 fully saturated rings. The Hall–Kier alpha value is -1.43. The fraction of sp³-hybridized carbons (Fsp3) is 0.583. The van der Waals surface area contributed by atoms with Gasteiger partial charge < -0.3 is 0 Å². The van der Waals surface area contributed by atoms with Crippen LogP contribution in [0.1, 0.15) is 54.4 Å². The standard InChI is InChI=1S/C12H15N3/c1-8-9(2)14-12(15-11(8)7-13)10-5-3-4-6-10/h10H,3-6H2,1-2H3. The van der Waals surface area contributed by atoms with Gasteiger partial charge in [-0.1, -0.05) is 12.8 Å². The molecule has 2 rings (SSSR count). The van der Waals surface area contributed by atoms with Crippen molar-refractivity contribution < 1.29 is 0 Å². The Balaban J connectivity index is 2.41. The van der Waals surface area contributed by atoms with Crippen LogP contribution in [0.4, 0.5) is 0 Å². The van der Waals surface area contributed by atoms with E-state index in [-0.39, 0.29) is 0 Å². The van der Waals surface area contributed by atoms with Gasteiger partial charge in [0.15, 0.2) is 0 Å². The van der Waals surface area contributed by atoms with Gasteiger partial charge in [0.25, 0.3) is 0 Å². The first-order valence-electron chi connectivity index (χ1n) is 5.47. The number of aryl methyl sites for hydroxylation is 1. The molecule has 0 N–H and O–H groups in total. The molecule has 1 aromatic rings. The van der Waals surface area contributed by atoms with Crippen molar-refractivity contribution in [3.8, 4) is 6.07 Å². The summed E-state index contributed by atoms with van der Waals surface area (Å²) < 4.78 is 0. The average Bonchev–Trinajstić information content (AvgIpc) is 2.75. The van der Waals surface area contributed by atoms with Crippen LogP contribution in [0.25, 0.3) is 0 Å². The van der Waals surface area contributed by atoms with Gasteiger partial charge >= 0.3 is 0 Å². The minimum absolute atomic E-state index is 0.483. The number of hydrogen-bond acceptors (Lipinski definition) is 3. The molecule has 0 saturated heterocycles. The normalized spacial score (nSPS) is 16.6. The van der Waals surface area contributed by atoms with Crippen molar-refractivity contribution in [1.29, 1.82) is 5.26 Å². The Morgan fingerprint density at radius 1 is 1.20 bits per heavy atom. The molecule has 78 valence electrons. The second-order valence-corrected chi connectivity index (χ2v) is 4.23. The predicted molar refractivity (Wildman–Crippen MR) is 57.4 cm³/mol. The van der Waals surface area contributed by atoms with Crippen molar-refractivity contribution in [3.05, 3.63) is 22.8 Å². The van der Waals surface area contributed by atoms with Crippen LogP contribution < -0.4 is 0 Å². The maximum atomic E-state index is 8.97. The van der Waals surface area contributed by atoms with Crippen LogP contribution in [0.2, 0.25) is 0 Å². The molecule has 0 aromatic carbocycles. The Morgan fingerprint density at radius 2 is 1.87 bits per heavy atom. The van der Waals surface area contributed by atoms with Crippen molar-refractivity contribution >= 4 is 0 Å². The number of aromatic nitrogens is 2. The van der Waals surface area contributed by atoms with E-state index >= 15 is 0 Å². The van der Waals surface area contributed by atoms with Gasteiger partial charge in [0, 0.05) is 17.2 Å². The van der Waals surface area contributed by atoms with E-state index in [1.54, 1.807) is 0 Å². The zero-order chi connectivity index (χ0) is 10.8. The molecule has 0 atom stereocenters. The quantitative estimate of drug-likeness (QED) is 0.701. The number of rotatable bonds is 1. The van der Waals surface area contributed by atoms with E-state index in [1.165, 1.54) is 25.7 Å². The van der Waals surface area contributed by atoms with E-state index < -0.39 is 0 Å². The topological polar surface area (TPSA) is 49.6 Å². The molecular formula is C12H15N3. The Labute approximate surface area is 90.2 Å². The van der Waals surface area contributed by atoms with Crippen molar-refractivity contribution in [2.45, 2.75) is 45.4 Å². The summed E-state index contributed by atoms with van der Waals surface area (Å²) in [6.07, 6.45) is 4.88. The van der Waals surface area contributed by atoms with Gasteiger partial charge in [-0.25, -0.2) is 9.97 Å². The fourth-order valence-electron chi connectivity index (χ4n) is 2.13. The third-order valence-corrected chi connectivity index (χ3v) is 3.23. The van der Waals surface area contributed by atoms with Gasteiger partial charge in [0.1, 0.15) is 17.6 Å². The lowest BCUT2D eigenvalue weighted by molar-refractivity contribution is 0.660. The van der Waals surface area contributed by atoms with E-state index in [0.29, 0.717) is 11.6 Å². The molecule has 0 spiro atoms. The number of nitriles is 1. The molecular weight excluding hydrogens is 186 g/mol. The maximum Gasteiger partial charge on any atom is 0.147 e. The van der Waals surface area contributed by atoms with Crippen LogP contribution in [-0.4, -0.2) is 9.97 Å². The molecule has 0 radical (unpaired) electrons. The van der Waals surface area contributed by atoms with E-state index in [1.807, 2.05) is 13.8 Å². The van der Waals surface area contributed by atoms with Crippen LogP contribution in [0.15, 0.2) is 0 Å². The molecule has 3 nitrogen and oxygen atoms in total. The number of nitrogens with zero attached hydrogens (tertiary/aromatic N) is 3. The molecule has 15 heavy (non-hydrogen) atoms. The lowest BCUT2D eigenvalue weighted by atomic mass is 10.1. The molecule has 1 saturated carbocycles. The number of hydrogen-bond donors (Lipinski definition) is 0. The summed E-state index contributed by atoms with van der Waals surface area (Å²) in [6, 6.07) is 2.15. The van der Waals surface area contributed by atoms with Crippen LogP contribution in [0.3, 0.4) is 0 Å². The van der Waals surface area contributed by atoms with Crippen molar-refractivity contribution in [1.82, 2.24) is 9.97 Å². The molecule has 1 aliphatic carbocycles. The van der Waals surface area contributed by atoms with Gasteiger partial charge in [-0.3, -0.25) is 0 Å². The maximum absolute atomic E-state index is 8.97. The van der Waals surface area contributed by atoms with Gasteiger partial charge in [0.2, 0.25) is 0 Å². The first-order chi connectivity index (χ1) is 7.22. The second kappa shape index (κ2) is 3.98. The van der Waals surface area contributed by atoms with Crippen LogP contribution in [0, 0.1) is 25.2 Å². The first-order valence-corrected chi connectivity index (χ1v) is 5.47. The average molecular weight is 201 g/mol. The highest BCUT2D eigenvalue weighted by Gasteiger charge is 2.21. The third-order valence-electron chi connectivity index (χ3n) is 3.23. The lowest BCUT2D eigenvalue weighted by Crippen LogP contribution is -2.06. The van der Waals surface area contributed by atoms with E-state index in [0.717, 1.165) is 17.1 Å². The SMILES string of the molecule is Cc1nc(C2CCCC2)nc(C#N)c1C. The highest BCUT2D eigenvalue weighted by Crippen LogP contribution is 2.32. The van der Waals surface area contributed by atoms with E-state index in [4.69, 9.17) is 5.26 Å². The summed E-state index contributed by atoms with van der Waals surface area (Å²) >= 11 is 0. The first kappa shape index (κ1) is 10.1. The third kappa shape index (κ3) is 1.85. The van der Waals surface area contributed by atoms with Gasteiger partial charge in [-0.15, -0.1) is 0 Å². The molecule has 1 heterocycles. The Kier molecular flexibility index (Phi) is 2.68. The molecule has 1 aliphatic rings. The smallest absolute Gasteiger partial charge is 0.147 e. The van der Waals surface area contributed by atoms with Crippen LogP contribution >= 0.6 is 0 Å². The highest BCUT2D eigenvalue weighted by molar-refractivity contribution is 5.33. The summed E-state index contributed by atoms with van der Waals surface area (Å²) in [5, 5.41) is 8.97. The molecule has 3 heteroatoms. The molecule has 1 aromatic heterocycles. The van der Waals surface area contributed by atoms with Crippen molar-refractivity contribution in [3.63, 3.8) is 0 Å². The van der Waals surface area contributed by atoms with Crippen molar-refractivity contribution in [2.75, 3.05) is 0 Å². The van der Waals surface area contributed by atoms with Crippen molar-refractivity contribution in [2.24, 2.45) is 0 Å². The summed E-state index contributed by atoms with van der Waals surface area (Å²) in [6.45, 7) is 3.86. The van der Waals surface area contributed by atoms with E-state index in [9.17, 15) is 0 Å². The summed E-state index contributed by atoms with van der Waals surface area (Å²) in [5.41, 5.74) is 2.41. The fourth-order valence-corrected chi connectivity index (χ4v) is 2.13. The minimum Gasteiger partial charge on any atom is -0.238 e. The second-order valence-electron chi connectivity index (χ2n) is 4.23. The molecule has 0 bridgehead atoms. The Morgan fingerprint density at radius 3 is 2.47 bits per heavy atom. The van der Waals surface area contributed by atoms with Crippen LogP contribution in [-0.2, 0) is 0 Å². The van der Waals surface area contributed by atoms with Gasteiger partial charge in [-0.2, -0.15) is 5.26 Å². The summed E-state index contributed by atoms with van der Waals surface area (Å²) in [5.74, 6) is 1.36. The highest BCUT2D eigenvalue weighted by atomic mass is 14.9. The monoisotopic (exact) mass is 201 g/mol. The summed E-state index contributed by atoms with van der Waals surface area (Å²) in [7, 11) is 0. The van der Waals surface area contributed by atoms with Crippen LogP contribution in [0.5, 0.6) is 0 Å². The van der Waals surface area contributed by atoms with E-state index in [2.05, 4.69) is 16.0 Å². The molecule has 0 aliphatic heterocycles. The van der Waals surface area contributed by atoms with Gasteiger partial charge in [-0.05, 0) is 26.7 Å². The minimum atomic E-state index is 0.483. The zero-order valence-corrected chi connectivity index (χ0v) is 9.25. The lowest BCUT2D eigenvalue weighted by Gasteiger charge is -2.10. The van der Waals surface area contributed by atoms with Gasteiger partial charge in [0.05, 0.1) is 0 Å². The Bertz CT molecular complexity index is 412. The molecule has 0 unspecified atom stereocenters.